The van der Waals surface area contributed by atoms with Crippen molar-refractivity contribution >= 4 is 35.2 Å². The maximum Gasteiger partial charge on any atom is 0.259 e. The fourth-order valence-electron chi connectivity index (χ4n) is 2.40. The van der Waals surface area contributed by atoms with Crippen LogP contribution in [0.1, 0.15) is 31.8 Å². The van der Waals surface area contributed by atoms with E-state index in [1.165, 1.54) is 29.0 Å². The Morgan fingerprint density at radius 2 is 1.75 bits per heavy atom. The number of anilines is 1. The number of nitrogens with one attached hydrogen (secondary N) is 2. The van der Waals surface area contributed by atoms with Crippen molar-refractivity contribution in [1.29, 1.82) is 0 Å². The highest BCUT2D eigenvalue weighted by molar-refractivity contribution is 8.00. The van der Waals surface area contributed by atoms with E-state index < -0.39 is 11.8 Å². The summed E-state index contributed by atoms with van der Waals surface area (Å²) in [5.74, 6) is -0.735. The Labute approximate surface area is 143 Å². The second-order valence-electron chi connectivity index (χ2n) is 5.63. The number of hydrogen-bond acceptors (Lipinski definition) is 4. The van der Waals surface area contributed by atoms with Crippen LogP contribution in [0, 0.1) is 13.8 Å². The predicted octanol–water partition coefficient (Wildman–Crippen LogP) is 2.92. The van der Waals surface area contributed by atoms with Gasteiger partial charge < -0.3 is 5.32 Å². The van der Waals surface area contributed by atoms with Crippen LogP contribution in [-0.4, -0.2) is 23.5 Å². The molecule has 1 aliphatic rings. The summed E-state index contributed by atoms with van der Waals surface area (Å²) in [6.07, 6.45) is 0. The number of fused-ring (bicyclic) bond motifs is 1. The standard InChI is InChI=1S/C18H16N2O3S/c1-10-3-5-13(7-11(10)2)24-9-16(21)19-12-4-6-14-15(8-12)18(23)20-17(14)22/h3-8H,9H2,1-2H3,(H,19,21)(H,20,22,23). The topological polar surface area (TPSA) is 75.3 Å². The average Bonchev–Trinajstić information content (AvgIpc) is 2.83. The van der Waals surface area contributed by atoms with E-state index >= 15 is 0 Å². The van der Waals surface area contributed by atoms with E-state index in [0.717, 1.165) is 4.90 Å². The maximum absolute atomic E-state index is 12.1. The van der Waals surface area contributed by atoms with Crippen LogP contribution in [0.2, 0.25) is 0 Å². The molecule has 0 fully saturated rings. The van der Waals surface area contributed by atoms with E-state index in [2.05, 4.69) is 16.7 Å². The van der Waals surface area contributed by atoms with Gasteiger partial charge >= 0.3 is 0 Å². The minimum Gasteiger partial charge on any atom is -0.325 e. The number of benzene rings is 2. The normalized spacial score (nSPS) is 12.8. The molecule has 3 rings (SSSR count). The Balaban J connectivity index is 1.63. The Kier molecular flexibility index (Phi) is 4.40. The van der Waals surface area contributed by atoms with Crippen LogP contribution < -0.4 is 10.6 Å². The molecule has 0 radical (unpaired) electrons. The predicted molar refractivity (Wildman–Crippen MR) is 93.5 cm³/mol. The molecule has 0 unspecified atom stereocenters. The Morgan fingerprint density at radius 1 is 1.00 bits per heavy atom. The second-order valence-corrected chi connectivity index (χ2v) is 6.68. The SMILES string of the molecule is Cc1ccc(SCC(=O)Nc2ccc3c(c2)C(=O)NC3=O)cc1C. The first-order valence-corrected chi connectivity index (χ1v) is 8.42. The van der Waals surface area contributed by atoms with Crippen LogP contribution in [-0.2, 0) is 4.79 Å². The lowest BCUT2D eigenvalue weighted by molar-refractivity contribution is -0.113. The van der Waals surface area contributed by atoms with Gasteiger partial charge in [-0.1, -0.05) is 6.07 Å². The van der Waals surface area contributed by atoms with Crippen LogP contribution in [0.3, 0.4) is 0 Å². The van der Waals surface area contributed by atoms with Crippen molar-refractivity contribution < 1.29 is 14.4 Å². The molecule has 3 amide bonds. The van der Waals surface area contributed by atoms with Gasteiger partial charge in [-0.3, -0.25) is 19.7 Å². The second kappa shape index (κ2) is 6.49. The number of rotatable bonds is 4. The van der Waals surface area contributed by atoms with Crippen molar-refractivity contribution in [3.63, 3.8) is 0 Å². The van der Waals surface area contributed by atoms with Gasteiger partial charge in [0.25, 0.3) is 11.8 Å². The molecular formula is C18H16N2O3S. The number of imide groups is 1. The Hall–Kier alpha value is -2.60. The summed E-state index contributed by atoms with van der Waals surface area (Å²) in [5.41, 5.74) is 3.54. The lowest BCUT2D eigenvalue weighted by atomic mass is 10.1. The van der Waals surface area contributed by atoms with Gasteiger partial charge in [0, 0.05) is 10.6 Å². The minimum absolute atomic E-state index is 0.164. The number of carbonyl (C=O) groups excluding carboxylic acids is 3. The first kappa shape index (κ1) is 16.3. The quantitative estimate of drug-likeness (QED) is 0.663. The maximum atomic E-state index is 12.1. The van der Waals surface area contributed by atoms with Gasteiger partial charge in [0.05, 0.1) is 16.9 Å². The van der Waals surface area contributed by atoms with Gasteiger partial charge in [-0.2, -0.15) is 0 Å². The molecule has 2 N–H and O–H groups in total. The summed E-state index contributed by atoms with van der Waals surface area (Å²) in [7, 11) is 0. The summed E-state index contributed by atoms with van der Waals surface area (Å²) in [4.78, 5) is 36.3. The monoisotopic (exact) mass is 340 g/mol. The number of thioether (sulfide) groups is 1. The lowest BCUT2D eigenvalue weighted by Gasteiger charge is -2.07. The number of carbonyl (C=O) groups is 3. The number of amides is 3. The van der Waals surface area contributed by atoms with Crippen LogP contribution in [0.15, 0.2) is 41.3 Å². The molecule has 0 bridgehead atoms. The summed E-state index contributed by atoms with van der Waals surface area (Å²) in [6, 6.07) is 10.8. The van der Waals surface area contributed by atoms with Crippen molar-refractivity contribution in [2.24, 2.45) is 0 Å². The van der Waals surface area contributed by atoms with E-state index in [1.54, 1.807) is 12.1 Å². The van der Waals surface area contributed by atoms with E-state index in [4.69, 9.17) is 0 Å². The highest BCUT2D eigenvalue weighted by Gasteiger charge is 2.26. The molecule has 1 heterocycles. The molecule has 0 saturated carbocycles. The Morgan fingerprint density at radius 3 is 2.50 bits per heavy atom. The third kappa shape index (κ3) is 3.33. The Bertz CT molecular complexity index is 861. The summed E-state index contributed by atoms with van der Waals surface area (Å²) in [6.45, 7) is 4.08. The molecule has 0 aromatic heterocycles. The van der Waals surface area contributed by atoms with Crippen LogP contribution in [0.5, 0.6) is 0 Å². The van der Waals surface area contributed by atoms with Crippen molar-refractivity contribution in [3.05, 3.63) is 58.7 Å². The molecule has 2 aromatic carbocycles. The third-order valence-corrected chi connectivity index (χ3v) is 4.86. The smallest absolute Gasteiger partial charge is 0.259 e. The van der Waals surface area contributed by atoms with Crippen molar-refractivity contribution in [2.75, 3.05) is 11.1 Å². The molecular weight excluding hydrogens is 324 g/mol. The molecule has 0 spiro atoms. The fourth-order valence-corrected chi connectivity index (χ4v) is 3.19. The summed E-state index contributed by atoms with van der Waals surface area (Å²) < 4.78 is 0. The number of aryl methyl sites for hydroxylation is 2. The zero-order valence-electron chi connectivity index (χ0n) is 13.3. The van der Waals surface area contributed by atoms with E-state index in [1.807, 2.05) is 26.0 Å². The molecule has 0 atom stereocenters. The van der Waals surface area contributed by atoms with Crippen LogP contribution in [0.25, 0.3) is 0 Å². The van der Waals surface area contributed by atoms with Gasteiger partial charge in [0.15, 0.2) is 0 Å². The zero-order valence-corrected chi connectivity index (χ0v) is 14.1. The molecule has 0 saturated heterocycles. The minimum atomic E-state index is -0.435. The van der Waals surface area contributed by atoms with Gasteiger partial charge in [-0.05, 0) is 55.3 Å². The van der Waals surface area contributed by atoms with Gasteiger partial charge in [-0.25, -0.2) is 0 Å². The highest BCUT2D eigenvalue weighted by atomic mass is 32.2. The van der Waals surface area contributed by atoms with E-state index in [0.29, 0.717) is 16.8 Å². The van der Waals surface area contributed by atoms with Crippen molar-refractivity contribution in [1.82, 2.24) is 5.32 Å². The van der Waals surface area contributed by atoms with Crippen LogP contribution >= 0.6 is 11.8 Å². The first-order chi connectivity index (χ1) is 11.4. The molecule has 5 nitrogen and oxygen atoms in total. The molecule has 122 valence electrons. The molecule has 6 heteroatoms. The van der Waals surface area contributed by atoms with Gasteiger partial charge in [0.2, 0.25) is 5.91 Å². The summed E-state index contributed by atoms with van der Waals surface area (Å²) in [5, 5.41) is 4.98. The number of hydrogen-bond donors (Lipinski definition) is 2. The lowest BCUT2D eigenvalue weighted by Crippen LogP contribution is -2.19. The molecule has 2 aromatic rings. The van der Waals surface area contributed by atoms with Crippen molar-refractivity contribution in [3.8, 4) is 0 Å². The van der Waals surface area contributed by atoms with Crippen molar-refractivity contribution in [2.45, 2.75) is 18.7 Å². The average molecular weight is 340 g/mol. The van der Waals surface area contributed by atoms with Gasteiger partial charge in [-0.15, -0.1) is 11.8 Å². The van der Waals surface area contributed by atoms with Gasteiger partial charge in [0.1, 0.15) is 0 Å². The first-order valence-electron chi connectivity index (χ1n) is 7.43. The van der Waals surface area contributed by atoms with E-state index in [-0.39, 0.29) is 11.7 Å². The van der Waals surface area contributed by atoms with Crippen LogP contribution in [0.4, 0.5) is 5.69 Å². The molecule has 1 aliphatic heterocycles. The fraction of sp³-hybridized carbons (Fsp3) is 0.167. The highest BCUT2D eigenvalue weighted by Crippen LogP contribution is 2.23. The molecule has 0 aliphatic carbocycles. The third-order valence-electron chi connectivity index (χ3n) is 3.87. The largest absolute Gasteiger partial charge is 0.325 e. The van der Waals surface area contributed by atoms with E-state index in [9.17, 15) is 14.4 Å². The zero-order chi connectivity index (χ0) is 17.3. The molecule has 24 heavy (non-hydrogen) atoms. The summed E-state index contributed by atoms with van der Waals surface area (Å²) >= 11 is 1.45.